The fourth-order valence-corrected chi connectivity index (χ4v) is 13.6. The van der Waals surface area contributed by atoms with Crippen LogP contribution in [-0.4, -0.2) is 0 Å². The van der Waals surface area contributed by atoms with E-state index in [-0.39, 0.29) is 0 Å². The minimum atomic E-state index is -0.630. The molecule has 0 N–H and O–H groups in total. The third-order valence-corrected chi connectivity index (χ3v) is 16.5. The average Bonchev–Trinajstić information content (AvgIpc) is 3.25. The quantitative estimate of drug-likeness (QED) is 0.141. The fraction of sp³-hybridized carbons (Fsp3) is 0.143. The Labute approximate surface area is 349 Å². The molecule has 0 saturated heterocycles. The molecule has 0 atom stereocenters. The first kappa shape index (κ1) is 39.4. The Morgan fingerprint density at radius 1 is 0.293 bits per heavy atom. The molecule has 0 fully saturated rings. The molecule has 0 amide bonds. The van der Waals surface area contributed by atoms with Gasteiger partial charge in [0.1, 0.15) is 0 Å². The van der Waals surface area contributed by atoms with Crippen LogP contribution < -0.4 is 31.8 Å². The highest BCUT2D eigenvalue weighted by molar-refractivity contribution is 7.80. The average molecular weight is 787 g/mol. The highest BCUT2D eigenvalue weighted by Crippen LogP contribution is 2.38. The molecule has 4 aliphatic rings. The van der Waals surface area contributed by atoms with Crippen molar-refractivity contribution in [1.82, 2.24) is 0 Å². The van der Waals surface area contributed by atoms with Gasteiger partial charge in [-0.25, -0.2) is 0 Å². The summed E-state index contributed by atoms with van der Waals surface area (Å²) >= 11 is 0. The third-order valence-electron chi connectivity index (χ3n) is 11.4. The van der Waals surface area contributed by atoms with Crippen molar-refractivity contribution in [1.29, 1.82) is 0 Å². The maximum atomic E-state index is 2.55. The fourth-order valence-electron chi connectivity index (χ4n) is 8.51. The molecule has 0 unspecified atom stereocenters. The van der Waals surface area contributed by atoms with E-state index in [1.165, 1.54) is 87.5 Å². The first-order valence-electron chi connectivity index (χ1n) is 20.6. The highest BCUT2D eigenvalue weighted by Gasteiger charge is 2.23. The second-order valence-corrected chi connectivity index (χ2v) is 19.8. The molecule has 0 saturated carbocycles. The van der Waals surface area contributed by atoms with Crippen molar-refractivity contribution in [2.75, 3.05) is 0 Å². The summed E-state index contributed by atoms with van der Waals surface area (Å²) in [5.41, 5.74) is 14.1. The normalized spacial score (nSPS) is 12.2. The van der Waals surface area contributed by atoms with Crippen LogP contribution in [-0.2, 0) is 25.7 Å². The standard InChI is InChI=1S/C40H34P2.C16H18/c1-5-13-35(14-6-1)41(36-15-7-2-8-16-36)39-29-31-21-25-33(39)27-23-32-22-26-34(28-24-31)40(30-32)42(37-17-9-3-10-18-37)38-19-11-4-12-20-38;1-11-7-5-8-12(2)15(11)16-13(3)9-6-10-14(16)4/h1-22,25-26,29-30H,23-24,27-28H2;5-10H,1-4H3. The molecule has 0 heterocycles. The summed E-state index contributed by atoms with van der Waals surface area (Å²) in [6.07, 6.45) is 4.17. The van der Waals surface area contributed by atoms with Gasteiger partial charge in [0.05, 0.1) is 0 Å². The van der Waals surface area contributed by atoms with Crippen LogP contribution in [0, 0.1) is 27.7 Å². The largest absolute Gasteiger partial charge is 0.0622 e. The van der Waals surface area contributed by atoms with Crippen molar-refractivity contribution in [3.63, 3.8) is 0 Å². The van der Waals surface area contributed by atoms with E-state index in [1.54, 1.807) is 0 Å². The van der Waals surface area contributed by atoms with Gasteiger partial charge in [-0.05, 0) is 157 Å². The summed E-state index contributed by atoms with van der Waals surface area (Å²) < 4.78 is 0. The van der Waals surface area contributed by atoms with Crippen molar-refractivity contribution in [2.24, 2.45) is 0 Å². The van der Waals surface area contributed by atoms with Crippen molar-refractivity contribution >= 4 is 47.7 Å². The van der Waals surface area contributed by atoms with Crippen LogP contribution in [0.25, 0.3) is 11.1 Å². The molecule has 8 aromatic carbocycles. The van der Waals surface area contributed by atoms with Gasteiger partial charge in [0, 0.05) is 0 Å². The second kappa shape index (κ2) is 18.5. The van der Waals surface area contributed by atoms with Crippen molar-refractivity contribution in [3.05, 3.63) is 239 Å². The molecule has 0 radical (unpaired) electrons. The zero-order valence-electron chi connectivity index (χ0n) is 34.2. The van der Waals surface area contributed by atoms with Gasteiger partial charge in [0.2, 0.25) is 0 Å². The van der Waals surface area contributed by atoms with Crippen LogP contribution in [0.15, 0.2) is 194 Å². The monoisotopic (exact) mass is 786 g/mol. The van der Waals surface area contributed by atoms with Crippen LogP contribution in [0.1, 0.15) is 44.5 Å². The lowest BCUT2D eigenvalue weighted by molar-refractivity contribution is 0.933. The Hall–Kier alpha value is -5.38. The summed E-state index contributed by atoms with van der Waals surface area (Å²) in [6.45, 7) is 8.75. The lowest BCUT2D eigenvalue weighted by Gasteiger charge is -2.26. The minimum absolute atomic E-state index is 0.630. The summed E-state index contributed by atoms with van der Waals surface area (Å²) in [5, 5.41) is 8.73. The number of hydrogen-bond donors (Lipinski definition) is 0. The van der Waals surface area contributed by atoms with Crippen molar-refractivity contribution < 1.29 is 0 Å². The van der Waals surface area contributed by atoms with Gasteiger partial charge >= 0.3 is 0 Å². The van der Waals surface area contributed by atoms with Crippen molar-refractivity contribution in [2.45, 2.75) is 53.4 Å². The van der Waals surface area contributed by atoms with Gasteiger partial charge in [0.15, 0.2) is 0 Å². The molecule has 0 nitrogen and oxygen atoms in total. The molecule has 8 aromatic rings. The van der Waals surface area contributed by atoms with Gasteiger partial charge in [-0.15, -0.1) is 0 Å². The molecule has 2 heteroatoms. The molecule has 0 spiro atoms. The van der Waals surface area contributed by atoms with Gasteiger partial charge in [0.25, 0.3) is 0 Å². The first-order valence-corrected chi connectivity index (χ1v) is 23.3. The van der Waals surface area contributed by atoms with E-state index in [0.717, 1.165) is 25.7 Å². The maximum Gasteiger partial charge on any atom is -0.0116 e. The minimum Gasteiger partial charge on any atom is -0.0622 e. The smallest absolute Gasteiger partial charge is 0.0116 e. The van der Waals surface area contributed by atoms with Crippen LogP contribution in [0.2, 0.25) is 0 Å². The maximum absolute atomic E-state index is 2.55. The number of rotatable bonds is 7. The van der Waals surface area contributed by atoms with Gasteiger partial charge in [-0.1, -0.05) is 194 Å². The lowest BCUT2D eigenvalue weighted by Crippen LogP contribution is -2.26. The zero-order chi connectivity index (χ0) is 39.8. The molecule has 0 aromatic heterocycles. The topological polar surface area (TPSA) is 0 Å². The van der Waals surface area contributed by atoms with Crippen LogP contribution >= 0.6 is 15.8 Å². The Kier molecular flexibility index (Phi) is 12.6. The van der Waals surface area contributed by atoms with Gasteiger partial charge in [-0.3, -0.25) is 0 Å². The van der Waals surface area contributed by atoms with E-state index in [9.17, 15) is 0 Å². The summed E-state index contributed by atoms with van der Waals surface area (Å²) in [4.78, 5) is 0. The summed E-state index contributed by atoms with van der Waals surface area (Å²) in [5.74, 6) is 0. The second-order valence-electron chi connectivity index (χ2n) is 15.5. The van der Waals surface area contributed by atoms with E-state index < -0.39 is 15.8 Å². The summed E-state index contributed by atoms with van der Waals surface area (Å²) in [6, 6.07) is 72.3. The molecule has 286 valence electrons. The molecule has 58 heavy (non-hydrogen) atoms. The first-order chi connectivity index (χ1) is 28.4. The molecule has 12 rings (SSSR count). The summed E-state index contributed by atoms with van der Waals surface area (Å²) in [7, 11) is -1.26. The Bertz CT molecular complexity index is 2290. The van der Waals surface area contributed by atoms with E-state index in [1.807, 2.05) is 0 Å². The number of benzene rings is 8. The molecule has 0 aliphatic heterocycles. The lowest BCUT2D eigenvalue weighted by atomic mass is 9.90. The SMILES string of the molecule is Cc1cccc(C)c1-c1c(C)cccc1C.c1ccc(P(c2ccccc2)c2cc3ccc2CCc2ccc(c(P(c4ccccc4)c4ccccc4)c2)CC3)cc1. The molecular weight excluding hydrogens is 735 g/mol. The predicted molar refractivity (Wildman–Crippen MR) is 256 cm³/mol. The molecule has 4 aliphatic carbocycles. The van der Waals surface area contributed by atoms with E-state index in [0.29, 0.717) is 0 Å². The van der Waals surface area contributed by atoms with E-state index >= 15 is 0 Å². The van der Waals surface area contributed by atoms with E-state index in [4.69, 9.17) is 0 Å². The van der Waals surface area contributed by atoms with Gasteiger partial charge in [-0.2, -0.15) is 0 Å². The predicted octanol–water partition coefficient (Wildman–Crippen LogP) is 11.7. The van der Waals surface area contributed by atoms with E-state index in [2.05, 4.69) is 222 Å². The number of aryl methyl sites for hydroxylation is 8. The highest BCUT2D eigenvalue weighted by atomic mass is 31.1. The van der Waals surface area contributed by atoms with Crippen molar-refractivity contribution in [3.8, 4) is 11.1 Å². The van der Waals surface area contributed by atoms with Gasteiger partial charge < -0.3 is 0 Å². The van der Waals surface area contributed by atoms with Crippen LogP contribution in [0.5, 0.6) is 0 Å². The Morgan fingerprint density at radius 3 is 0.879 bits per heavy atom. The third kappa shape index (κ3) is 8.86. The Morgan fingerprint density at radius 2 is 0.586 bits per heavy atom. The molecule has 4 bridgehead atoms. The molecular formula is C56H52P2. The number of hydrogen-bond acceptors (Lipinski definition) is 0. The zero-order valence-corrected chi connectivity index (χ0v) is 36.0. The van der Waals surface area contributed by atoms with Crippen LogP contribution in [0.4, 0.5) is 0 Å². The van der Waals surface area contributed by atoms with Crippen LogP contribution in [0.3, 0.4) is 0 Å². The Balaban J connectivity index is 0.000000246.